The van der Waals surface area contributed by atoms with Crippen LogP contribution in [0.4, 0.5) is 0 Å². The Hall–Kier alpha value is -2.64. The molecule has 1 saturated heterocycles. The average molecular weight is 429 g/mol. The molecule has 2 aromatic rings. The lowest BCUT2D eigenvalue weighted by Crippen LogP contribution is -2.39. The van der Waals surface area contributed by atoms with Crippen LogP contribution in [0.25, 0.3) is 0 Å². The van der Waals surface area contributed by atoms with Crippen LogP contribution in [0.3, 0.4) is 0 Å². The number of carbonyl (C=O) groups excluding carboxylic acids is 1. The van der Waals surface area contributed by atoms with Gasteiger partial charge in [0.05, 0.1) is 12.0 Å². The highest BCUT2D eigenvalue weighted by Gasteiger charge is 2.30. The summed E-state index contributed by atoms with van der Waals surface area (Å²) in [5.41, 5.74) is 1.48. The summed E-state index contributed by atoms with van der Waals surface area (Å²) in [5, 5.41) is 2.67. The van der Waals surface area contributed by atoms with E-state index >= 15 is 0 Å². The number of nitrogens with zero attached hydrogens (tertiary/aromatic N) is 1. The molecular weight excluding hydrogens is 400 g/mol. The zero-order valence-corrected chi connectivity index (χ0v) is 18.0. The van der Waals surface area contributed by atoms with E-state index in [-0.39, 0.29) is 10.8 Å². The van der Waals surface area contributed by atoms with Gasteiger partial charge < -0.3 is 10.1 Å². The van der Waals surface area contributed by atoms with Crippen molar-refractivity contribution >= 4 is 15.9 Å². The summed E-state index contributed by atoms with van der Waals surface area (Å²) in [6.45, 7) is 4.83. The molecule has 160 valence electrons. The van der Waals surface area contributed by atoms with E-state index in [0.29, 0.717) is 31.1 Å². The largest absolute Gasteiger partial charge is 0.496 e. The van der Waals surface area contributed by atoms with Gasteiger partial charge in [-0.3, -0.25) is 4.79 Å². The minimum absolute atomic E-state index is 0.150. The summed E-state index contributed by atoms with van der Waals surface area (Å²) in [4.78, 5) is 12.3. The minimum Gasteiger partial charge on any atom is -0.496 e. The first-order valence-electron chi connectivity index (χ1n) is 10.1. The Bertz CT molecular complexity index is 996. The normalized spacial score (nSPS) is 15.5. The first-order valence-corrected chi connectivity index (χ1v) is 11.5. The standard InChI is InChI=1S/C23H28N2O4S/c1-3-13-24-23(26)20-8-6-9-21(17-20)30(27,28)25-14-11-18(12-15-25)16-19-7-4-5-10-22(19)29-2/h3-10,17-18H,1,11-16H2,2H3,(H,24,26). The van der Waals surface area contributed by atoms with Crippen molar-refractivity contribution in [2.24, 2.45) is 5.92 Å². The number of piperidine rings is 1. The van der Waals surface area contributed by atoms with Crippen molar-refractivity contribution in [1.29, 1.82) is 0 Å². The quantitative estimate of drug-likeness (QED) is 0.655. The van der Waals surface area contributed by atoms with Crippen LogP contribution in [0.5, 0.6) is 5.75 Å². The molecule has 0 aromatic heterocycles. The van der Waals surface area contributed by atoms with Gasteiger partial charge in [0.1, 0.15) is 5.75 Å². The van der Waals surface area contributed by atoms with Gasteiger partial charge in [0.15, 0.2) is 0 Å². The van der Waals surface area contributed by atoms with E-state index in [1.807, 2.05) is 18.2 Å². The number of para-hydroxylation sites is 1. The molecule has 30 heavy (non-hydrogen) atoms. The van der Waals surface area contributed by atoms with Crippen molar-refractivity contribution in [2.75, 3.05) is 26.7 Å². The fourth-order valence-electron chi connectivity index (χ4n) is 3.75. The number of methoxy groups -OCH3 is 1. The zero-order valence-electron chi connectivity index (χ0n) is 17.2. The Morgan fingerprint density at radius 1 is 1.20 bits per heavy atom. The van der Waals surface area contributed by atoms with Crippen LogP contribution in [0.1, 0.15) is 28.8 Å². The van der Waals surface area contributed by atoms with Gasteiger partial charge in [0, 0.05) is 25.2 Å². The highest BCUT2D eigenvalue weighted by molar-refractivity contribution is 7.89. The fraction of sp³-hybridized carbons (Fsp3) is 0.348. The molecule has 0 spiro atoms. The molecule has 1 amide bonds. The number of sulfonamides is 1. The van der Waals surface area contributed by atoms with Gasteiger partial charge in [-0.05, 0) is 55.0 Å². The lowest BCUT2D eigenvalue weighted by Gasteiger charge is -2.31. The van der Waals surface area contributed by atoms with Crippen LogP contribution in [-0.4, -0.2) is 45.4 Å². The van der Waals surface area contributed by atoms with Gasteiger partial charge in [-0.2, -0.15) is 4.31 Å². The summed E-state index contributed by atoms with van der Waals surface area (Å²) >= 11 is 0. The Morgan fingerprint density at radius 3 is 2.63 bits per heavy atom. The first kappa shape index (κ1) is 22.1. The summed E-state index contributed by atoms with van der Waals surface area (Å²) in [7, 11) is -1.97. The number of amides is 1. The third-order valence-corrected chi connectivity index (χ3v) is 7.31. The zero-order chi connectivity index (χ0) is 21.6. The molecule has 7 heteroatoms. The van der Waals surface area contributed by atoms with E-state index < -0.39 is 10.0 Å². The number of carbonyl (C=O) groups is 1. The maximum Gasteiger partial charge on any atom is 0.251 e. The van der Waals surface area contributed by atoms with Crippen LogP contribution in [0.15, 0.2) is 66.1 Å². The van der Waals surface area contributed by atoms with E-state index in [1.165, 1.54) is 10.4 Å². The van der Waals surface area contributed by atoms with Gasteiger partial charge in [-0.25, -0.2) is 8.42 Å². The smallest absolute Gasteiger partial charge is 0.251 e. The van der Waals surface area contributed by atoms with Crippen molar-refractivity contribution in [3.05, 3.63) is 72.3 Å². The van der Waals surface area contributed by atoms with E-state index in [1.54, 1.807) is 31.4 Å². The number of hydrogen-bond donors (Lipinski definition) is 1. The predicted molar refractivity (Wildman–Crippen MR) is 117 cm³/mol. The van der Waals surface area contributed by atoms with E-state index in [9.17, 15) is 13.2 Å². The maximum absolute atomic E-state index is 13.1. The lowest BCUT2D eigenvalue weighted by atomic mass is 9.90. The number of benzene rings is 2. The molecule has 2 aromatic carbocycles. The maximum atomic E-state index is 13.1. The minimum atomic E-state index is -3.64. The highest BCUT2D eigenvalue weighted by atomic mass is 32.2. The Labute approximate surface area is 178 Å². The van der Waals surface area contributed by atoms with Crippen LogP contribution in [0.2, 0.25) is 0 Å². The predicted octanol–water partition coefficient (Wildman–Crippen LogP) is 3.25. The summed E-state index contributed by atoms with van der Waals surface area (Å²) in [6.07, 6.45) is 4.03. The molecule has 0 saturated carbocycles. The second-order valence-corrected chi connectivity index (χ2v) is 9.33. The molecule has 6 nitrogen and oxygen atoms in total. The molecule has 1 aliphatic rings. The van der Waals surface area contributed by atoms with E-state index in [4.69, 9.17) is 4.74 Å². The molecule has 1 aliphatic heterocycles. The van der Waals surface area contributed by atoms with Crippen LogP contribution in [0, 0.1) is 5.92 Å². The number of ether oxygens (including phenoxy) is 1. The molecule has 1 heterocycles. The number of hydrogen-bond acceptors (Lipinski definition) is 4. The van der Waals surface area contributed by atoms with Crippen LogP contribution in [-0.2, 0) is 16.4 Å². The summed E-state index contributed by atoms with van der Waals surface area (Å²) in [6, 6.07) is 14.1. The second-order valence-electron chi connectivity index (χ2n) is 7.39. The van der Waals surface area contributed by atoms with Crippen LogP contribution >= 0.6 is 0 Å². The van der Waals surface area contributed by atoms with Gasteiger partial charge in [-0.1, -0.05) is 30.3 Å². The van der Waals surface area contributed by atoms with Crippen molar-refractivity contribution in [3.8, 4) is 5.75 Å². The van der Waals surface area contributed by atoms with E-state index in [2.05, 4.69) is 18.0 Å². The Morgan fingerprint density at radius 2 is 1.93 bits per heavy atom. The van der Waals surface area contributed by atoms with Gasteiger partial charge >= 0.3 is 0 Å². The van der Waals surface area contributed by atoms with Gasteiger partial charge in [0.2, 0.25) is 10.0 Å². The summed E-state index contributed by atoms with van der Waals surface area (Å²) < 4.78 is 33.2. The molecular formula is C23H28N2O4S. The molecule has 1 fully saturated rings. The first-order chi connectivity index (χ1) is 14.5. The number of rotatable bonds is 8. The lowest BCUT2D eigenvalue weighted by molar-refractivity contribution is 0.0958. The fourth-order valence-corrected chi connectivity index (χ4v) is 5.27. The number of nitrogens with one attached hydrogen (secondary N) is 1. The topological polar surface area (TPSA) is 75.7 Å². The molecule has 3 rings (SSSR count). The third kappa shape index (κ3) is 5.09. The van der Waals surface area contributed by atoms with Crippen molar-refractivity contribution in [2.45, 2.75) is 24.2 Å². The summed E-state index contributed by atoms with van der Waals surface area (Å²) in [5.74, 6) is 0.963. The van der Waals surface area contributed by atoms with Crippen molar-refractivity contribution < 1.29 is 17.9 Å². The monoisotopic (exact) mass is 428 g/mol. The van der Waals surface area contributed by atoms with Crippen molar-refractivity contribution in [1.82, 2.24) is 9.62 Å². The molecule has 0 atom stereocenters. The van der Waals surface area contributed by atoms with E-state index in [0.717, 1.165) is 30.6 Å². The highest BCUT2D eigenvalue weighted by Crippen LogP contribution is 2.29. The average Bonchev–Trinajstić information content (AvgIpc) is 2.78. The third-order valence-electron chi connectivity index (χ3n) is 5.42. The molecule has 1 N–H and O–H groups in total. The van der Waals surface area contributed by atoms with Crippen LogP contribution < -0.4 is 10.1 Å². The molecule has 0 aliphatic carbocycles. The van der Waals surface area contributed by atoms with Gasteiger partial charge in [-0.15, -0.1) is 6.58 Å². The second kappa shape index (κ2) is 9.91. The van der Waals surface area contributed by atoms with Gasteiger partial charge in [0.25, 0.3) is 5.91 Å². The molecule has 0 unspecified atom stereocenters. The molecule has 0 bridgehead atoms. The van der Waals surface area contributed by atoms with Crippen molar-refractivity contribution in [3.63, 3.8) is 0 Å². The Balaban J connectivity index is 1.66. The molecule has 0 radical (unpaired) electrons. The Kier molecular flexibility index (Phi) is 7.29. The SMILES string of the molecule is C=CCNC(=O)c1cccc(S(=O)(=O)N2CCC(Cc3ccccc3OC)CC2)c1.